The molecular formula is C19H26N4O3. The lowest BCUT2D eigenvalue weighted by molar-refractivity contribution is 0.0948. The third-order valence-electron chi connectivity index (χ3n) is 3.85. The van der Waals surface area contributed by atoms with Crippen LogP contribution < -0.4 is 20.1 Å². The van der Waals surface area contributed by atoms with Crippen molar-refractivity contribution in [3.8, 4) is 11.5 Å². The maximum Gasteiger partial charge on any atom is 0.270 e. The number of carbonyl (C=O) groups is 1. The summed E-state index contributed by atoms with van der Waals surface area (Å²) in [4.78, 5) is 20.5. The maximum absolute atomic E-state index is 12.0. The van der Waals surface area contributed by atoms with Gasteiger partial charge in [0, 0.05) is 19.3 Å². The molecule has 1 heterocycles. The molecule has 0 radical (unpaired) electrons. The lowest BCUT2D eigenvalue weighted by atomic mass is 10.1. The summed E-state index contributed by atoms with van der Waals surface area (Å²) in [6.45, 7) is 3.37. The molecule has 2 N–H and O–H groups in total. The Hall–Kier alpha value is -2.83. The van der Waals surface area contributed by atoms with Crippen LogP contribution in [0, 0.1) is 0 Å². The third-order valence-corrected chi connectivity index (χ3v) is 3.85. The van der Waals surface area contributed by atoms with Crippen molar-refractivity contribution in [2.45, 2.75) is 26.2 Å². The van der Waals surface area contributed by atoms with E-state index in [2.05, 4.69) is 27.5 Å². The van der Waals surface area contributed by atoms with Crippen molar-refractivity contribution in [1.82, 2.24) is 15.3 Å². The minimum absolute atomic E-state index is 0.177. The second-order valence-corrected chi connectivity index (χ2v) is 5.74. The number of nitrogens with zero attached hydrogens (tertiary/aromatic N) is 2. The second-order valence-electron chi connectivity index (χ2n) is 5.74. The van der Waals surface area contributed by atoms with Crippen LogP contribution in [0.25, 0.3) is 0 Å². The van der Waals surface area contributed by atoms with E-state index in [9.17, 15) is 4.79 Å². The number of benzene rings is 1. The first kappa shape index (κ1) is 19.5. The molecule has 1 aromatic carbocycles. The van der Waals surface area contributed by atoms with Crippen LogP contribution in [-0.4, -0.2) is 43.2 Å². The van der Waals surface area contributed by atoms with Gasteiger partial charge in [0.1, 0.15) is 5.69 Å². The van der Waals surface area contributed by atoms with Crippen molar-refractivity contribution in [3.63, 3.8) is 0 Å². The number of amides is 1. The molecule has 0 aliphatic heterocycles. The summed E-state index contributed by atoms with van der Waals surface area (Å²) in [5.41, 5.74) is 1.47. The summed E-state index contributed by atoms with van der Waals surface area (Å²) in [7, 11) is 3.23. The SMILES string of the molecule is CCCCNC(=O)c1ccnc(NCCc2ccc(OC)c(OC)c2)n1. The molecule has 0 saturated carbocycles. The molecule has 0 unspecified atom stereocenters. The van der Waals surface area contributed by atoms with Crippen molar-refractivity contribution in [3.05, 3.63) is 41.7 Å². The highest BCUT2D eigenvalue weighted by Gasteiger charge is 2.08. The predicted octanol–water partition coefficient (Wildman–Crippen LogP) is 2.68. The fourth-order valence-corrected chi connectivity index (χ4v) is 2.39. The minimum atomic E-state index is -0.177. The quantitative estimate of drug-likeness (QED) is 0.635. The van der Waals surface area contributed by atoms with Gasteiger partial charge in [-0.15, -0.1) is 0 Å². The van der Waals surface area contributed by atoms with Crippen molar-refractivity contribution < 1.29 is 14.3 Å². The summed E-state index contributed by atoms with van der Waals surface area (Å²) in [5, 5.41) is 6.00. The van der Waals surface area contributed by atoms with Gasteiger partial charge in [-0.05, 0) is 36.6 Å². The summed E-state index contributed by atoms with van der Waals surface area (Å²) < 4.78 is 10.5. The van der Waals surface area contributed by atoms with Crippen LogP contribution >= 0.6 is 0 Å². The second kappa shape index (κ2) is 10.2. The normalized spacial score (nSPS) is 10.3. The number of anilines is 1. The Morgan fingerprint density at radius 3 is 2.65 bits per heavy atom. The molecule has 2 aromatic rings. The van der Waals surface area contributed by atoms with Crippen LogP contribution in [-0.2, 0) is 6.42 Å². The molecule has 0 fully saturated rings. The number of hydrogen-bond donors (Lipinski definition) is 2. The molecule has 0 atom stereocenters. The standard InChI is InChI=1S/C19H26N4O3/c1-4-5-10-20-18(24)15-9-12-22-19(23-15)21-11-8-14-6-7-16(25-2)17(13-14)26-3/h6-7,9,12-13H,4-5,8,10-11H2,1-3H3,(H,20,24)(H,21,22,23). The van der Waals surface area contributed by atoms with Gasteiger partial charge in [-0.3, -0.25) is 4.79 Å². The van der Waals surface area contributed by atoms with Crippen LogP contribution in [0.15, 0.2) is 30.5 Å². The fourth-order valence-electron chi connectivity index (χ4n) is 2.39. The van der Waals surface area contributed by atoms with Gasteiger partial charge in [-0.1, -0.05) is 19.4 Å². The van der Waals surface area contributed by atoms with Gasteiger partial charge in [0.05, 0.1) is 14.2 Å². The molecule has 26 heavy (non-hydrogen) atoms. The zero-order valence-electron chi connectivity index (χ0n) is 15.5. The van der Waals surface area contributed by atoms with Crippen molar-refractivity contribution >= 4 is 11.9 Å². The van der Waals surface area contributed by atoms with E-state index in [-0.39, 0.29) is 5.91 Å². The van der Waals surface area contributed by atoms with E-state index in [0.29, 0.717) is 36.2 Å². The van der Waals surface area contributed by atoms with E-state index in [1.807, 2.05) is 18.2 Å². The minimum Gasteiger partial charge on any atom is -0.493 e. The molecule has 7 nitrogen and oxygen atoms in total. The number of aromatic nitrogens is 2. The van der Waals surface area contributed by atoms with E-state index in [1.54, 1.807) is 26.5 Å². The Morgan fingerprint density at radius 2 is 1.92 bits per heavy atom. The number of carbonyl (C=O) groups excluding carboxylic acids is 1. The van der Waals surface area contributed by atoms with E-state index in [4.69, 9.17) is 9.47 Å². The first-order valence-corrected chi connectivity index (χ1v) is 8.74. The average molecular weight is 358 g/mol. The average Bonchev–Trinajstić information content (AvgIpc) is 2.68. The first-order chi connectivity index (χ1) is 12.7. The van der Waals surface area contributed by atoms with Gasteiger partial charge >= 0.3 is 0 Å². The lowest BCUT2D eigenvalue weighted by Gasteiger charge is -2.10. The van der Waals surface area contributed by atoms with Crippen LogP contribution in [0.1, 0.15) is 35.8 Å². The van der Waals surface area contributed by atoms with E-state index >= 15 is 0 Å². The third kappa shape index (κ3) is 5.61. The monoisotopic (exact) mass is 358 g/mol. The van der Waals surface area contributed by atoms with Gasteiger partial charge in [-0.25, -0.2) is 9.97 Å². The zero-order valence-corrected chi connectivity index (χ0v) is 15.5. The molecule has 0 aliphatic carbocycles. The molecule has 0 spiro atoms. The summed E-state index contributed by atoms with van der Waals surface area (Å²) in [6, 6.07) is 7.42. The van der Waals surface area contributed by atoms with Gasteiger partial charge < -0.3 is 20.1 Å². The lowest BCUT2D eigenvalue weighted by Crippen LogP contribution is -2.25. The molecule has 1 aromatic heterocycles. The summed E-state index contributed by atoms with van der Waals surface area (Å²) in [5.74, 6) is 1.67. The zero-order chi connectivity index (χ0) is 18.8. The highest BCUT2D eigenvalue weighted by Crippen LogP contribution is 2.27. The van der Waals surface area contributed by atoms with E-state index in [0.717, 1.165) is 24.8 Å². The molecule has 0 aliphatic rings. The van der Waals surface area contributed by atoms with Crippen molar-refractivity contribution in [2.75, 3.05) is 32.6 Å². The smallest absolute Gasteiger partial charge is 0.270 e. The van der Waals surface area contributed by atoms with Gasteiger partial charge in [0.2, 0.25) is 5.95 Å². The largest absolute Gasteiger partial charge is 0.493 e. The Morgan fingerprint density at radius 1 is 1.12 bits per heavy atom. The predicted molar refractivity (Wildman–Crippen MR) is 101 cm³/mol. The van der Waals surface area contributed by atoms with Crippen LogP contribution in [0.4, 0.5) is 5.95 Å². The summed E-state index contributed by atoms with van der Waals surface area (Å²) in [6.07, 6.45) is 4.33. The maximum atomic E-state index is 12.0. The van der Waals surface area contributed by atoms with Crippen molar-refractivity contribution in [2.24, 2.45) is 0 Å². The molecule has 0 bridgehead atoms. The number of hydrogen-bond acceptors (Lipinski definition) is 6. The molecule has 0 saturated heterocycles. The fraction of sp³-hybridized carbons (Fsp3) is 0.421. The number of methoxy groups -OCH3 is 2. The molecular weight excluding hydrogens is 332 g/mol. The van der Waals surface area contributed by atoms with Gasteiger partial charge in [0.25, 0.3) is 5.91 Å². The van der Waals surface area contributed by atoms with Gasteiger partial charge in [0.15, 0.2) is 11.5 Å². The van der Waals surface area contributed by atoms with Crippen LogP contribution in [0.2, 0.25) is 0 Å². The van der Waals surface area contributed by atoms with E-state index < -0.39 is 0 Å². The van der Waals surface area contributed by atoms with Crippen LogP contribution in [0.5, 0.6) is 11.5 Å². The summed E-state index contributed by atoms with van der Waals surface area (Å²) >= 11 is 0. The Kier molecular flexibility index (Phi) is 7.67. The Labute approximate surface area is 154 Å². The van der Waals surface area contributed by atoms with Crippen molar-refractivity contribution in [1.29, 1.82) is 0 Å². The number of nitrogens with one attached hydrogen (secondary N) is 2. The highest BCUT2D eigenvalue weighted by atomic mass is 16.5. The highest BCUT2D eigenvalue weighted by molar-refractivity contribution is 5.92. The number of unbranched alkanes of at least 4 members (excludes halogenated alkanes) is 1. The Balaban J connectivity index is 1.90. The van der Waals surface area contributed by atoms with E-state index in [1.165, 1.54) is 0 Å². The number of rotatable bonds is 10. The molecule has 7 heteroatoms. The topological polar surface area (TPSA) is 85.4 Å². The number of ether oxygens (including phenoxy) is 2. The molecule has 1 amide bonds. The van der Waals surface area contributed by atoms with Crippen LogP contribution in [0.3, 0.4) is 0 Å². The molecule has 140 valence electrons. The Bertz CT molecular complexity index is 722. The first-order valence-electron chi connectivity index (χ1n) is 8.74. The van der Waals surface area contributed by atoms with Gasteiger partial charge in [-0.2, -0.15) is 0 Å². The molecule has 2 rings (SSSR count).